The summed E-state index contributed by atoms with van der Waals surface area (Å²) in [5.74, 6) is 1.01. The Morgan fingerprint density at radius 1 is 1.41 bits per heavy atom. The fraction of sp³-hybridized carbons (Fsp3) is 0.368. The van der Waals surface area contributed by atoms with Crippen molar-refractivity contribution >= 4 is 28.8 Å². The molecule has 1 unspecified atom stereocenters. The van der Waals surface area contributed by atoms with Gasteiger partial charge in [0.2, 0.25) is 0 Å². The molecule has 1 aromatic rings. The number of nitrogens with two attached hydrogens (primary N) is 1. The van der Waals surface area contributed by atoms with Crippen LogP contribution in [0.1, 0.15) is 25.8 Å². The Hall–Kier alpha value is -2.28. The van der Waals surface area contributed by atoms with Gasteiger partial charge in [-0.3, -0.25) is 4.99 Å². The Bertz CT molecular complexity index is 796. The van der Waals surface area contributed by atoms with E-state index in [4.69, 9.17) is 17.3 Å². The van der Waals surface area contributed by atoms with Crippen LogP contribution in [-0.4, -0.2) is 29.5 Å². The number of rotatable bonds is 4. The third-order valence-corrected chi connectivity index (χ3v) is 4.30. The Balaban J connectivity index is 2.40. The molecule has 0 amide bonds. The lowest BCUT2D eigenvalue weighted by atomic mass is 10.1. The quantitative estimate of drug-likeness (QED) is 0.436. The zero-order chi connectivity index (χ0) is 20.2. The highest BCUT2D eigenvalue weighted by Gasteiger charge is 2.30. The van der Waals surface area contributed by atoms with Crippen LogP contribution in [0.4, 0.5) is 18.9 Å². The van der Waals surface area contributed by atoms with Crippen molar-refractivity contribution in [1.29, 1.82) is 0 Å². The van der Waals surface area contributed by atoms with Crippen molar-refractivity contribution in [1.82, 2.24) is 4.90 Å². The van der Waals surface area contributed by atoms with E-state index in [1.165, 1.54) is 18.3 Å². The molecule has 0 bridgehead atoms. The Labute approximate surface area is 161 Å². The topological polar surface area (TPSA) is 54.0 Å². The van der Waals surface area contributed by atoms with E-state index in [0.717, 1.165) is 31.6 Å². The van der Waals surface area contributed by atoms with Gasteiger partial charge in [0, 0.05) is 19.3 Å². The molecule has 1 aliphatic heterocycles. The van der Waals surface area contributed by atoms with Gasteiger partial charge >= 0.3 is 6.18 Å². The lowest BCUT2D eigenvalue weighted by Gasteiger charge is -2.22. The molecule has 0 aromatic heterocycles. The minimum Gasteiger partial charge on any atom is -0.404 e. The second-order valence-corrected chi connectivity index (χ2v) is 6.91. The van der Waals surface area contributed by atoms with E-state index in [1.807, 2.05) is 4.90 Å². The number of aliphatic imine (C=N–C) groups is 2. The maximum Gasteiger partial charge on any atom is 0.416 e. The summed E-state index contributed by atoms with van der Waals surface area (Å²) in [7, 11) is 0. The highest BCUT2D eigenvalue weighted by molar-refractivity contribution is 6.31. The van der Waals surface area contributed by atoms with Gasteiger partial charge in [0.15, 0.2) is 0 Å². The third-order valence-electron chi connectivity index (χ3n) is 4.22. The summed E-state index contributed by atoms with van der Waals surface area (Å²) in [6, 6.07) is 4.82. The fourth-order valence-corrected chi connectivity index (χ4v) is 2.99. The molecule has 1 fully saturated rings. The first-order valence-corrected chi connectivity index (χ1v) is 8.83. The maximum atomic E-state index is 12.9. The van der Waals surface area contributed by atoms with E-state index >= 15 is 0 Å². The van der Waals surface area contributed by atoms with Crippen LogP contribution < -0.4 is 5.73 Å². The second-order valence-electron chi connectivity index (χ2n) is 6.48. The van der Waals surface area contributed by atoms with Crippen LogP contribution in [-0.2, 0) is 6.18 Å². The highest BCUT2D eigenvalue weighted by atomic mass is 35.5. The van der Waals surface area contributed by atoms with Gasteiger partial charge in [-0.1, -0.05) is 31.2 Å². The number of halogens is 4. The summed E-state index contributed by atoms with van der Waals surface area (Å²) < 4.78 is 38.7. The zero-order valence-electron chi connectivity index (χ0n) is 15.2. The number of amidine groups is 1. The molecule has 1 heterocycles. The van der Waals surface area contributed by atoms with Gasteiger partial charge in [-0.05, 0) is 37.5 Å². The first-order valence-electron chi connectivity index (χ1n) is 8.45. The van der Waals surface area contributed by atoms with Crippen LogP contribution in [0.5, 0.6) is 0 Å². The summed E-state index contributed by atoms with van der Waals surface area (Å²) in [6.07, 6.45) is -2.09. The molecular weight excluding hydrogens is 377 g/mol. The first kappa shape index (κ1) is 21.0. The van der Waals surface area contributed by atoms with Crippen molar-refractivity contribution < 1.29 is 13.2 Å². The van der Waals surface area contributed by atoms with Crippen LogP contribution in [0.25, 0.3) is 0 Å². The Kier molecular flexibility index (Phi) is 6.70. The summed E-state index contributed by atoms with van der Waals surface area (Å²) in [6.45, 7) is 8.95. The summed E-state index contributed by atoms with van der Waals surface area (Å²) >= 11 is 5.88. The van der Waals surface area contributed by atoms with Crippen molar-refractivity contribution in [2.75, 3.05) is 13.1 Å². The molecule has 2 rings (SSSR count). The van der Waals surface area contributed by atoms with Gasteiger partial charge in [-0.2, -0.15) is 13.2 Å². The van der Waals surface area contributed by atoms with Crippen molar-refractivity contribution in [2.24, 2.45) is 21.6 Å². The van der Waals surface area contributed by atoms with Crippen LogP contribution in [0, 0.1) is 5.92 Å². The van der Waals surface area contributed by atoms with E-state index in [1.54, 1.807) is 6.92 Å². The average Bonchev–Trinajstić information content (AvgIpc) is 3.00. The second kappa shape index (κ2) is 8.61. The predicted octanol–water partition coefficient (Wildman–Crippen LogP) is 5.09. The van der Waals surface area contributed by atoms with Crippen LogP contribution in [0.3, 0.4) is 0 Å². The van der Waals surface area contributed by atoms with Gasteiger partial charge in [-0.15, -0.1) is 0 Å². The summed E-state index contributed by atoms with van der Waals surface area (Å²) in [4.78, 5) is 10.6. The van der Waals surface area contributed by atoms with Gasteiger partial charge in [0.1, 0.15) is 11.0 Å². The molecule has 146 valence electrons. The molecular formula is C19H22ClF3N4. The number of nitrogens with zero attached hydrogens (tertiary/aromatic N) is 3. The van der Waals surface area contributed by atoms with E-state index in [2.05, 4.69) is 23.5 Å². The molecule has 2 N–H and O–H groups in total. The number of hydrogen-bond donors (Lipinski definition) is 1. The molecule has 0 radical (unpaired) electrons. The average molecular weight is 399 g/mol. The van der Waals surface area contributed by atoms with Crippen LogP contribution >= 0.6 is 11.6 Å². The first-order chi connectivity index (χ1) is 12.6. The fourth-order valence-electron chi connectivity index (χ4n) is 2.91. The molecule has 4 nitrogen and oxygen atoms in total. The van der Waals surface area contributed by atoms with Gasteiger partial charge in [-0.25, -0.2) is 4.99 Å². The van der Waals surface area contributed by atoms with Crippen molar-refractivity contribution in [3.63, 3.8) is 0 Å². The number of alkyl halides is 3. The normalized spacial score (nSPS) is 19.6. The largest absolute Gasteiger partial charge is 0.416 e. The van der Waals surface area contributed by atoms with Crippen molar-refractivity contribution in [3.8, 4) is 0 Å². The summed E-state index contributed by atoms with van der Waals surface area (Å²) in [5, 5.41) is 0.0933. The van der Waals surface area contributed by atoms with E-state index in [0.29, 0.717) is 23.0 Å². The van der Waals surface area contributed by atoms with Gasteiger partial charge in [0.25, 0.3) is 0 Å². The van der Waals surface area contributed by atoms with E-state index < -0.39 is 11.7 Å². The van der Waals surface area contributed by atoms with Crippen molar-refractivity contribution in [2.45, 2.75) is 26.4 Å². The van der Waals surface area contributed by atoms with Gasteiger partial charge < -0.3 is 10.6 Å². The standard InChI is InChI=1S/C19H22ClF3N4/c1-12-7-8-27(11-12)18(26-14(3)20)17(10-24)13(2)25-16-6-4-5-15(9-16)19(21,22)23/h4-6,9-10,12H,3,7-8,11,24H2,1-2H3. The lowest BCUT2D eigenvalue weighted by Crippen LogP contribution is -2.32. The highest BCUT2D eigenvalue weighted by Crippen LogP contribution is 2.31. The number of likely N-dealkylation sites (tertiary alicyclic amines) is 1. The Morgan fingerprint density at radius 2 is 2.11 bits per heavy atom. The molecule has 0 aliphatic carbocycles. The molecule has 1 atom stereocenters. The Morgan fingerprint density at radius 3 is 2.63 bits per heavy atom. The molecule has 8 heteroatoms. The maximum absolute atomic E-state index is 12.9. The zero-order valence-corrected chi connectivity index (χ0v) is 16.0. The smallest absolute Gasteiger partial charge is 0.404 e. The molecule has 27 heavy (non-hydrogen) atoms. The van der Waals surface area contributed by atoms with E-state index in [9.17, 15) is 13.2 Å². The van der Waals surface area contributed by atoms with Crippen LogP contribution in [0.2, 0.25) is 0 Å². The number of benzene rings is 1. The van der Waals surface area contributed by atoms with E-state index in [-0.39, 0.29) is 10.8 Å². The predicted molar refractivity (Wildman–Crippen MR) is 104 cm³/mol. The molecule has 0 saturated carbocycles. The molecule has 1 aromatic carbocycles. The lowest BCUT2D eigenvalue weighted by molar-refractivity contribution is -0.137. The minimum atomic E-state index is -4.43. The molecule has 1 saturated heterocycles. The summed E-state index contributed by atoms with van der Waals surface area (Å²) in [5.41, 5.74) is 6.17. The SMILES string of the molecule is C=C(Cl)N=C(C(=CN)C(C)=Nc1cccc(C(F)(F)F)c1)N1CCC(C)C1. The molecule has 0 spiro atoms. The minimum absolute atomic E-state index is 0.0933. The van der Waals surface area contributed by atoms with Crippen LogP contribution in [0.15, 0.2) is 57.8 Å². The van der Waals surface area contributed by atoms with Crippen molar-refractivity contribution in [3.05, 3.63) is 53.3 Å². The monoisotopic (exact) mass is 398 g/mol. The molecule has 1 aliphatic rings. The third kappa shape index (κ3) is 5.60. The number of hydrogen-bond acceptors (Lipinski definition) is 3. The van der Waals surface area contributed by atoms with Gasteiger partial charge in [0.05, 0.1) is 22.5 Å².